The normalized spacial score (nSPS) is 45.1. The molecule has 0 amide bonds. The fourth-order valence-corrected chi connectivity index (χ4v) is 8.43. The minimum atomic E-state index is -0.257. The molecule has 0 aromatic rings. The molecule has 8 atom stereocenters. The number of aliphatic hydroxyl groups excluding tert-OH is 1. The van der Waals surface area contributed by atoms with Crippen LogP contribution in [0, 0.1) is 40.4 Å². The zero-order chi connectivity index (χ0) is 21.0. The quantitative estimate of drug-likeness (QED) is 0.538. The second kappa shape index (κ2) is 7.66. The van der Waals surface area contributed by atoms with Crippen molar-refractivity contribution in [2.75, 3.05) is 0 Å². The minimum absolute atomic E-state index is 0.143. The van der Waals surface area contributed by atoms with Gasteiger partial charge >= 0.3 is 0 Å². The van der Waals surface area contributed by atoms with Crippen molar-refractivity contribution >= 4 is 5.78 Å². The summed E-state index contributed by atoms with van der Waals surface area (Å²) in [4.78, 5) is 12.0. The largest absolute Gasteiger partial charge is 0.392 e. The third-order valence-electron chi connectivity index (χ3n) is 10.0. The van der Waals surface area contributed by atoms with Gasteiger partial charge in [0.05, 0.1) is 6.10 Å². The molecule has 0 saturated heterocycles. The Morgan fingerprint density at radius 3 is 2.72 bits per heavy atom. The summed E-state index contributed by atoms with van der Waals surface area (Å²) < 4.78 is 0. The Morgan fingerprint density at radius 1 is 1.24 bits per heavy atom. The highest BCUT2D eigenvalue weighted by Crippen LogP contribution is 2.67. The highest BCUT2D eigenvalue weighted by Gasteiger charge is 2.61. The van der Waals surface area contributed by atoms with E-state index >= 15 is 0 Å². The first-order chi connectivity index (χ1) is 13.7. The summed E-state index contributed by atoms with van der Waals surface area (Å²) in [6, 6.07) is 0. The van der Waals surface area contributed by atoms with E-state index < -0.39 is 0 Å². The Bertz CT molecular complexity index is 705. The fourth-order valence-electron chi connectivity index (χ4n) is 8.43. The summed E-state index contributed by atoms with van der Waals surface area (Å²) in [7, 11) is 0. The number of fused-ring (bicyclic) bond motifs is 5. The van der Waals surface area contributed by atoms with Crippen molar-refractivity contribution in [2.24, 2.45) is 40.4 Å². The number of allylic oxidation sites excluding steroid dienone is 1. The molecular formula is C27H42O2. The van der Waals surface area contributed by atoms with Crippen LogP contribution in [-0.4, -0.2) is 17.0 Å². The van der Waals surface area contributed by atoms with Crippen LogP contribution < -0.4 is 0 Å². The van der Waals surface area contributed by atoms with Gasteiger partial charge in [-0.25, -0.2) is 0 Å². The second-order valence-corrected chi connectivity index (χ2v) is 11.7. The van der Waals surface area contributed by atoms with Gasteiger partial charge in [-0.05, 0) is 105 Å². The van der Waals surface area contributed by atoms with E-state index in [4.69, 9.17) is 0 Å². The highest BCUT2D eigenvalue weighted by atomic mass is 16.3. The van der Waals surface area contributed by atoms with Gasteiger partial charge in [0.1, 0.15) is 0 Å². The van der Waals surface area contributed by atoms with Crippen molar-refractivity contribution in [1.82, 2.24) is 0 Å². The topological polar surface area (TPSA) is 37.3 Å². The lowest BCUT2D eigenvalue weighted by Crippen LogP contribution is -2.55. The predicted octanol–water partition coefficient (Wildman–Crippen LogP) is 6.49. The first-order valence-corrected chi connectivity index (χ1v) is 12.2. The molecule has 29 heavy (non-hydrogen) atoms. The van der Waals surface area contributed by atoms with Gasteiger partial charge < -0.3 is 5.11 Å². The Kier molecular flexibility index (Phi) is 5.64. The van der Waals surface area contributed by atoms with Crippen molar-refractivity contribution < 1.29 is 9.90 Å². The molecule has 0 radical (unpaired) electrons. The van der Waals surface area contributed by atoms with E-state index in [1.165, 1.54) is 49.7 Å². The van der Waals surface area contributed by atoms with Gasteiger partial charge in [0.25, 0.3) is 0 Å². The molecule has 3 saturated carbocycles. The third-order valence-corrected chi connectivity index (χ3v) is 10.0. The maximum absolute atomic E-state index is 12.0. The number of ketones is 1. The van der Waals surface area contributed by atoms with E-state index in [0.717, 1.165) is 31.1 Å². The zero-order valence-corrected chi connectivity index (χ0v) is 19.2. The summed E-state index contributed by atoms with van der Waals surface area (Å²) in [5.74, 6) is 3.47. The van der Waals surface area contributed by atoms with Crippen LogP contribution in [0.2, 0.25) is 0 Å². The van der Waals surface area contributed by atoms with Crippen molar-refractivity contribution in [3.63, 3.8) is 0 Å². The molecule has 2 heteroatoms. The summed E-state index contributed by atoms with van der Waals surface area (Å²) >= 11 is 0. The fraction of sp³-hybridized carbons (Fsp3) is 0.815. The van der Waals surface area contributed by atoms with Crippen molar-refractivity contribution in [1.29, 1.82) is 0 Å². The molecule has 162 valence electrons. The van der Waals surface area contributed by atoms with Crippen LogP contribution in [0.4, 0.5) is 0 Å². The Morgan fingerprint density at radius 2 is 2.00 bits per heavy atom. The Hall–Kier alpha value is -0.890. The lowest BCUT2D eigenvalue weighted by atomic mass is 9.45. The number of hydrogen-bond acceptors (Lipinski definition) is 2. The maximum Gasteiger partial charge on any atom is 0.155 e. The molecule has 0 heterocycles. The van der Waals surface area contributed by atoms with Crippen LogP contribution in [0.5, 0.6) is 0 Å². The Balaban J connectivity index is 1.54. The second-order valence-electron chi connectivity index (χ2n) is 11.7. The van der Waals surface area contributed by atoms with E-state index in [1.54, 1.807) is 0 Å². The molecule has 2 nitrogen and oxygen atoms in total. The maximum atomic E-state index is 12.0. The van der Waals surface area contributed by atoms with Crippen molar-refractivity contribution in [3.8, 4) is 0 Å². The predicted molar refractivity (Wildman–Crippen MR) is 119 cm³/mol. The van der Waals surface area contributed by atoms with Crippen molar-refractivity contribution in [2.45, 2.75) is 98.0 Å². The van der Waals surface area contributed by atoms with Crippen LogP contribution in [0.25, 0.3) is 0 Å². The standard InChI is InChI=1S/C27H42O2/c1-17(2)7-6-8-18(3)21-9-10-22-25-23(12-14-27(21,22)5)26(4)13-11-20(28)15-19(26)16-24(25)29/h15,18,21-25,29H,1,6-14,16H2,2-5H3/t18-,21-,22+,23+,24-,25+,26+,27-/m1/s1. The lowest BCUT2D eigenvalue weighted by molar-refractivity contribution is -0.124. The summed E-state index contributed by atoms with van der Waals surface area (Å²) in [6.45, 7) is 13.7. The van der Waals surface area contributed by atoms with Gasteiger partial charge in [-0.2, -0.15) is 0 Å². The molecule has 0 spiro atoms. The first-order valence-electron chi connectivity index (χ1n) is 12.2. The molecule has 4 rings (SSSR count). The van der Waals surface area contributed by atoms with Crippen LogP contribution >= 0.6 is 0 Å². The average molecular weight is 399 g/mol. The average Bonchev–Trinajstić information content (AvgIpc) is 3.00. The molecule has 4 aliphatic rings. The first kappa shape index (κ1) is 21.3. The summed E-state index contributed by atoms with van der Waals surface area (Å²) in [5.41, 5.74) is 3.09. The molecule has 0 aromatic heterocycles. The SMILES string of the molecule is C=C(C)CCC[C@@H](C)[C@H]1CC[C@H]2[C@@H]3[C@H](O)CC4=CC(=O)CC[C@]4(C)[C@H]3CC[C@]12C. The molecular weight excluding hydrogens is 356 g/mol. The van der Waals surface area contributed by atoms with Crippen LogP contribution in [0.15, 0.2) is 23.8 Å². The van der Waals surface area contributed by atoms with Crippen LogP contribution in [0.1, 0.15) is 91.9 Å². The molecule has 0 bridgehead atoms. The van der Waals surface area contributed by atoms with Crippen LogP contribution in [0.3, 0.4) is 0 Å². The Labute approximate surface area is 178 Å². The van der Waals surface area contributed by atoms with E-state index in [2.05, 4.69) is 34.3 Å². The van der Waals surface area contributed by atoms with Crippen LogP contribution in [-0.2, 0) is 4.79 Å². The van der Waals surface area contributed by atoms with Gasteiger partial charge in [0, 0.05) is 6.42 Å². The third kappa shape index (κ3) is 3.48. The molecule has 0 aliphatic heterocycles. The number of hydrogen-bond donors (Lipinski definition) is 1. The van der Waals surface area contributed by atoms with Gasteiger partial charge in [-0.1, -0.05) is 38.3 Å². The highest BCUT2D eigenvalue weighted by molar-refractivity contribution is 5.91. The monoisotopic (exact) mass is 398 g/mol. The van der Waals surface area contributed by atoms with Crippen molar-refractivity contribution in [3.05, 3.63) is 23.8 Å². The summed E-state index contributed by atoms with van der Waals surface area (Å²) in [6.07, 6.45) is 13.0. The van der Waals surface area contributed by atoms with E-state index in [1.807, 2.05) is 6.08 Å². The zero-order valence-electron chi connectivity index (χ0n) is 19.2. The van der Waals surface area contributed by atoms with Gasteiger partial charge in [-0.15, -0.1) is 6.58 Å². The molecule has 4 aliphatic carbocycles. The number of carbonyl (C=O) groups is 1. The van der Waals surface area contributed by atoms with E-state index in [-0.39, 0.29) is 17.3 Å². The minimum Gasteiger partial charge on any atom is -0.392 e. The lowest BCUT2D eigenvalue weighted by Gasteiger charge is -2.59. The molecule has 0 unspecified atom stereocenters. The van der Waals surface area contributed by atoms with E-state index in [0.29, 0.717) is 29.6 Å². The number of carbonyl (C=O) groups excluding carboxylic acids is 1. The van der Waals surface area contributed by atoms with Gasteiger partial charge in [0.2, 0.25) is 0 Å². The molecule has 0 aromatic carbocycles. The smallest absolute Gasteiger partial charge is 0.155 e. The molecule has 1 N–H and O–H groups in total. The van der Waals surface area contributed by atoms with E-state index in [9.17, 15) is 9.90 Å². The van der Waals surface area contributed by atoms with Gasteiger partial charge in [0.15, 0.2) is 5.78 Å². The number of aliphatic hydroxyl groups is 1. The molecule has 3 fully saturated rings. The van der Waals surface area contributed by atoms with Gasteiger partial charge in [-0.3, -0.25) is 4.79 Å². The summed E-state index contributed by atoms with van der Waals surface area (Å²) in [5, 5.41) is 11.3. The number of rotatable bonds is 5.